The van der Waals surface area contributed by atoms with Gasteiger partial charge in [0.25, 0.3) is 0 Å². The van der Waals surface area contributed by atoms with Crippen molar-refractivity contribution in [1.82, 2.24) is 0 Å². The maximum Gasteiger partial charge on any atom is 0.327 e. The van der Waals surface area contributed by atoms with E-state index in [1.54, 1.807) is 0 Å². The molecule has 0 amide bonds. The fraction of sp³-hybridized carbons (Fsp3) is 0.737. The Morgan fingerprint density at radius 3 is 1.16 bits per heavy atom. The zero-order valence-electron chi connectivity index (χ0n) is 15.8. The van der Waals surface area contributed by atoms with Crippen LogP contribution in [-0.2, 0) is 14.4 Å². The monoisotopic (exact) mass is 360 g/mol. The van der Waals surface area contributed by atoms with E-state index < -0.39 is 17.9 Å². The van der Waals surface area contributed by atoms with Gasteiger partial charge in [-0.2, -0.15) is 0 Å². The first-order chi connectivity index (χ1) is 11.8. The third-order valence-corrected chi connectivity index (χ3v) is 3.16. The van der Waals surface area contributed by atoms with Crippen molar-refractivity contribution in [3.8, 4) is 0 Å². The number of carboxylic acids is 3. The minimum absolute atomic E-state index is 0.337. The first-order valence-corrected chi connectivity index (χ1v) is 9.10. The van der Waals surface area contributed by atoms with Gasteiger partial charge in [-0.25, -0.2) is 4.79 Å². The molecule has 25 heavy (non-hydrogen) atoms. The van der Waals surface area contributed by atoms with Crippen molar-refractivity contribution in [1.29, 1.82) is 0 Å². The molecule has 0 aromatic carbocycles. The highest BCUT2D eigenvalue weighted by Gasteiger charge is 1.95. The lowest BCUT2D eigenvalue weighted by molar-refractivity contribution is -0.138. The molecular weight excluding hydrogens is 324 g/mol. The van der Waals surface area contributed by atoms with E-state index >= 15 is 0 Å². The highest BCUT2D eigenvalue weighted by molar-refractivity contribution is 5.78. The molecule has 0 radical (unpaired) electrons. The number of rotatable bonds is 13. The Hall–Kier alpha value is -1.85. The third kappa shape index (κ3) is 44.9. The summed E-state index contributed by atoms with van der Waals surface area (Å²) in [5, 5.41) is 24.1. The van der Waals surface area contributed by atoms with Crippen molar-refractivity contribution in [2.24, 2.45) is 0 Å². The van der Waals surface area contributed by atoms with Gasteiger partial charge < -0.3 is 15.3 Å². The summed E-state index contributed by atoms with van der Waals surface area (Å²) in [5.41, 5.74) is 0. The summed E-state index contributed by atoms with van der Waals surface area (Å²) in [6, 6.07) is 0. The maximum atomic E-state index is 10.0. The van der Waals surface area contributed by atoms with E-state index in [1.165, 1.54) is 38.5 Å². The van der Waals surface area contributed by atoms with E-state index in [4.69, 9.17) is 15.3 Å². The first kappa shape index (κ1) is 28.0. The number of carbonyl (C=O) groups is 3. The Bertz CT molecular complexity index is 315. The minimum Gasteiger partial charge on any atom is -0.481 e. The Morgan fingerprint density at radius 1 is 0.680 bits per heavy atom. The second kappa shape index (κ2) is 24.4. The Balaban J connectivity index is -0.000000308. The standard InChI is InChI=1S/2C8H16O2.C3H4O2/c2*1-2-3-4-5-6-7-8(9)10;1-2-3(4)5/h2*2-7H2,1H3,(H,9,10);2H,1H2,(H,4,5). The minimum atomic E-state index is -0.981. The zero-order valence-corrected chi connectivity index (χ0v) is 15.8. The fourth-order valence-electron chi connectivity index (χ4n) is 1.76. The van der Waals surface area contributed by atoms with Gasteiger partial charge in [-0.05, 0) is 12.8 Å². The zero-order chi connectivity index (χ0) is 19.9. The predicted octanol–water partition coefficient (Wildman–Crippen LogP) is 5.12. The smallest absolute Gasteiger partial charge is 0.327 e. The van der Waals surface area contributed by atoms with E-state index in [9.17, 15) is 14.4 Å². The van der Waals surface area contributed by atoms with Crippen LogP contribution in [0.5, 0.6) is 0 Å². The molecule has 0 heterocycles. The van der Waals surface area contributed by atoms with Crippen molar-refractivity contribution in [3.05, 3.63) is 12.7 Å². The molecule has 0 unspecified atom stereocenters. The second-order valence-electron chi connectivity index (χ2n) is 5.66. The van der Waals surface area contributed by atoms with Crippen molar-refractivity contribution in [2.75, 3.05) is 0 Å². The van der Waals surface area contributed by atoms with Gasteiger partial charge in [-0.3, -0.25) is 9.59 Å². The van der Waals surface area contributed by atoms with Crippen molar-refractivity contribution in [3.63, 3.8) is 0 Å². The van der Waals surface area contributed by atoms with Crippen LogP contribution >= 0.6 is 0 Å². The summed E-state index contributed by atoms with van der Waals surface area (Å²) < 4.78 is 0. The quantitative estimate of drug-likeness (QED) is 0.310. The average Bonchev–Trinajstić information content (AvgIpc) is 2.55. The molecule has 0 aliphatic carbocycles. The van der Waals surface area contributed by atoms with Crippen LogP contribution in [0.25, 0.3) is 0 Å². The second-order valence-corrected chi connectivity index (χ2v) is 5.66. The number of hydrogen-bond acceptors (Lipinski definition) is 3. The van der Waals surface area contributed by atoms with Crippen LogP contribution in [0.1, 0.15) is 90.9 Å². The van der Waals surface area contributed by atoms with E-state index in [1.807, 2.05) is 0 Å². The van der Waals surface area contributed by atoms with Gasteiger partial charge in [-0.15, -0.1) is 0 Å². The van der Waals surface area contributed by atoms with E-state index in [0.29, 0.717) is 12.8 Å². The molecule has 0 saturated carbocycles. The van der Waals surface area contributed by atoms with E-state index in [0.717, 1.165) is 31.8 Å². The third-order valence-electron chi connectivity index (χ3n) is 3.16. The number of carboxylic acid groups (broad SMARTS) is 3. The fourth-order valence-corrected chi connectivity index (χ4v) is 1.76. The molecule has 0 aliphatic rings. The lowest BCUT2D eigenvalue weighted by Crippen LogP contribution is -1.93. The molecular formula is C19H36O6. The molecule has 6 nitrogen and oxygen atoms in total. The summed E-state index contributed by atoms with van der Waals surface area (Å²) in [7, 11) is 0. The van der Waals surface area contributed by atoms with Crippen molar-refractivity contribution < 1.29 is 29.7 Å². The van der Waals surface area contributed by atoms with Crippen LogP contribution in [0.2, 0.25) is 0 Å². The summed E-state index contributed by atoms with van der Waals surface area (Å²) in [6.07, 6.45) is 12.6. The van der Waals surface area contributed by atoms with Crippen LogP contribution in [0, 0.1) is 0 Å². The Labute approximate surface area is 151 Å². The van der Waals surface area contributed by atoms with Crippen LogP contribution in [0.3, 0.4) is 0 Å². The summed E-state index contributed by atoms with van der Waals surface area (Å²) >= 11 is 0. The lowest BCUT2D eigenvalue weighted by atomic mass is 10.1. The summed E-state index contributed by atoms with van der Waals surface area (Å²) in [5.74, 6) is -2.32. The van der Waals surface area contributed by atoms with Crippen LogP contribution in [-0.4, -0.2) is 33.2 Å². The molecule has 0 rings (SSSR count). The lowest BCUT2D eigenvalue weighted by Gasteiger charge is -1.95. The van der Waals surface area contributed by atoms with Crippen molar-refractivity contribution >= 4 is 17.9 Å². The topological polar surface area (TPSA) is 112 Å². The predicted molar refractivity (Wildman–Crippen MR) is 99.9 cm³/mol. The van der Waals surface area contributed by atoms with Gasteiger partial charge in [0.1, 0.15) is 0 Å². The summed E-state index contributed by atoms with van der Waals surface area (Å²) in [6.45, 7) is 7.26. The normalized spacial score (nSPS) is 9.04. The number of aliphatic carboxylic acids is 3. The maximum absolute atomic E-state index is 10.0. The molecule has 148 valence electrons. The molecule has 0 saturated heterocycles. The Kier molecular flexibility index (Phi) is 27.3. The number of hydrogen-bond donors (Lipinski definition) is 3. The van der Waals surface area contributed by atoms with Gasteiger partial charge >= 0.3 is 17.9 Å². The largest absolute Gasteiger partial charge is 0.481 e. The summed E-state index contributed by atoms with van der Waals surface area (Å²) in [4.78, 5) is 29.3. The van der Waals surface area contributed by atoms with Crippen LogP contribution < -0.4 is 0 Å². The van der Waals surface area contributed by atoms with Crippen LogP contribution in [0.15, 0.2) is 12.7 Å². The molecule has 0 aromatic rings. The van der Waals surface area contributed by atoms with Gasteiger partial charge in [0.2, 0.25) is 0 Å². The highest BCUT2D eigenvalue weighted by Crippen LogP contribution is 2.04. The first-order valence-electron chi connectivity index (χ1n) is 9.10. The average molecular weight is 360 g/mol. The molecule has 0 fully saturated rings. The van der Waals surface area contributed by atoms with E-state index in [2.05, 4.69) is 20.4 Å². The van der Waals surface area contributed by atoms with Gasteiger partial charge in [0.05, 0.1) is 0 Å². The van der Waals surface area contributed by atoms with E-state index in [-0.39, 0.29) is 0 Å². The van der Waals surface area contributed by atoms with Gasteiger partial charge in [-0.1, -0.05) is 71.8 Å². The van der Waals surface area contributed by atoms with Gasteiger partial charge in [0.15, 0.2) is 0 Å². The molecule has 0 spiro atoms. The SMILES string of the molecule is C=CC(=O)O.CCCCCCCC(=O)O.CCCCCCCC(=O)O. The number of unbranched alkanes of at least 4 members (excludes halogenated alkanes) is 8. The van der Waals surface area contributed by atoms with Gasteiger partial charge in [0, 0.05) is 18.9 Å². The molecule has 0 bridgehead atoms. The molecule has 6 heteroatoms. The van der Waals surface area contributed by atoms with Crippen LogP contribution in [0.4, 0.5) is 0 Å². The van der Waals surface area contributed by atoms with Crippen molar-refractivity contribution in [2.45, 2.75) is 90.9 Å². The highest BCUT2D eigenvalue weighted by atomic mass is 16.4. The molecule has 3 N–H and O–H groups in total. The Morgan fingerprint density at radius 2 is 0.960 bits per heavy atom. The molecule has 0 aromatic heterocycles. The molecule has 0 aliphatic heterocycles. The molecule has 0 atom stereocenters.